The maximum Gasteiger partial charge on any atom is 0.410 e. The van der Waals surface area contributed by atoms with Crippen LogP contribution in [0.15, 0.2) is 84.9 Å². The van der Waals surface area contributed by atoms with Gasteiger partial charge in [-0.05, 0) is 23.3 Å². The van der Waals surface area contributed by atoms with Crippen molar-refractivity contribution in [1.82, 2.24) is 29.5 Å². The van der Waals surface area contributed by atoms with Crippen LogP contribution in [0, 0.1) is 35.5 Å². The average molecular weight is 1040 g/mol. The minimum atomic E-state index is -3.37. The molecule has 5 heterocycles. The van der Waals surface area contributed by atoms with Gasteiger partial charge in [-0.3, -0.25) is 24.1 Å². The third-order valence-corrected chi connectivity index (χ3v) is 14.3. The number of piperidine rings is 3. The van der Waals surface area contributed by atoms with Crippen LogP contribution in [-0.4, -0.2) is 158 Å². The number of fused-ring (bicyclic) bond motifs is 1. The molecule has 1 spiro atoms. The van der Waals surface area contributed by atoms with Crippen LogP contribution in [0.3, 0.4) is 0 Å². The van der Waals surface area contributed by atoms with E-state index in [0.717, 1.165) is 28.5 Å². The van der Waals surface area contributed by atoms with Gasteiger partial charge in [0.2, 0.25) is 20.0 Å². The molecule has 0 aromatic heterocycles. The summed E-state index contributed by atoms with van der Waals surface area (Å²) < 4.78 is 72.2. The number of carbonyl (C=O) groups is 6. The van der Waals surface area contributed by atoms with E-state index in [4.69, 9.17) is 18.9 Å². The number of nitrogens with zero attached hydrogens (tertiary/aromatic N) is 3. The van der Waals surface area contributed by atoms with E-state index >= 15 is 0 Å². The first kappa shape index (κ1) is 57.3. The zero-order chi connectivity index (χ0) is 51.5. The Morgan fingerprint density at radius 2 is 1.11 bits per heavy atom. The molecule has 6 unspecified atom stereocenters. The Hall–Kier alpha value is -5.62. The van der Waals surface area contributed by atoms with Crippen molar-refractivity contribution in [2.45, 2.75) is 47.2 Å². The van der Waals surface area contributed by atoms with Gasteiger partial charge in [0.05, 0.1) is 42.8 Å². The van der Waals surface area contributed by atoms with Crippen molar-refractivity contribution in [3.05, 3.63) is 107 Å². The van der Waals surface area contributed by atoms with Gasteiger partial charge < -0.3 is 34.1 Å². The van der Waals surface area contributed by atoms with E-state index in [9.17, 15) is 45.6 Å². The zero-order valence-electron chi connectivity index (χ0n) is 40.6. The normalized spacial score (nSPS) is 23.8. The number of ketones is 2. The van der Waals surface area contributed by atoms with Gasteiger partial charge in [-0.25, -0.2) is 35.9 Å². The van der Waals surface area contributed by atoms with Crippen LogP contribution < -0.4 is 14.8 Å². The second kappa shape index (κ2) is 25.4. The molecule has 3 aromatic rings. The molecular weight excluding hydrogens is 973 g/mol. The maximum absolute atomic E-state index is 12.7. The number of hydrogen-bond donors (Lipinski definition) is 3. The van der Waals surface area contributed by atoms with Crippen molar-refractivity contribution < 1.29 is 64.6 Å². The summed E-state index contributed by atoms with van der Waals surface area (Å²) in [6.07, 6.45) is 1.26. The number of Topliss-reactive ketones (excluding diaryl/α,β-unsaturated/α-hetero) is 2. The van der Waals surface area contributed by atoms with Gasteiger partial charge in [0.25, 0.3) is 11.8 Å². The maximum atomic E-state index is 12.7. The topological polar surface area (TPSA) is 253 Å². The Labute approximate surface area is 422 Å². The summed E-state index contributed by atoms with van der Waals surface area (Å²) in [5.41, 5.74) is 2.47. The van der Waals surface area contributed by atoms with E-state index in [2.05, 4.69) is 14.8 Å². The minimum Gasteiger partial charge on any atom is -0.445 e. The van der Waals surface area contributed by atoms with E-state index in [-0.39, 0.29) is 88.6 Å². The highest BCUT2D eigenvalue weighted by molar-refractivity contribution is 7.89. The van der Waals surface area contributed by atoms with Gasteiger partial charge in [-0.1, -0.05) is 101 Å². The Morgan fingerprint density at radius 3 is 1.62 bits per heavy atom. The second-order valence-electron chi connectivity index (χ2n) is 18.6. The Bertz CT molecular complexity index is 2560. The number of benzene rings is 3. The quantitative estimate of drug-likeness (QED) is 0.220. The standard InChI is InChI=1S/C23H22N2O5.C18H26N2O6S.C8H16N2O3S.CH4/c1-15-11-24(23(29)30-14-16-7-3-2-4-8-16)12-17(20(15)26)13-25-21(27)18-9-5-6-10-19(18)22(25)28;1-14-11-20(17(21)24-13-15-6-4-3-5-7-15)12-16(10-19-27(2,22)23)18(14)25-8-9-26-18;1-6-3-9-4-7(8(6)11)5-10-14(2,12)13;/h2-10,15,17H,11-14H2,1H3;3-7,14,16,19H,8-13H2,1-2H3;6-7,9-10H,3-5H2,1-2H3;1H4. The smallest absolute Gasteiger partial charge is 0.410 e. The molecule has 22 heteroatoms. The summed E-state index contributed by atoms with van der Waals surface area (Å²) in [4.78, 5) is 78.8. The number of sulfonamides is 2. The van der Waals surface area contributed by atoms with Crippen molar-refractivity contribution in [2.75, 3.05) is 84.6 Å². The molecule has 5 aliphatic rings. The third-order valence-electron chi connectivity index (χ3n) is 12.9. The van der Waals surface area contributed by atoms with E-state index in [1.807, 2.05) is 74.5 Å². The third kappa shape index (κ3) is 15.2. The van der Waals surface area contributed by atoms with Crippen LogP contribution in [-0.2, 0) is 61.8 Å². The molecule has 4 amide bonds. The van der Waals surface area contributed by atoms with Crippen LogP contribution in [0.2, 0.25) is 0 Å². The molecule has 0 aliphatic carbocycles. The number of amides is 4. The van der Waals surface area contributed by atoms with E-state index < -0.39 is 61.7 Å². The van der Waals surface area contributed by atoms with Crippen molar-refractivity contribution >= 4 is 55.6 Å². The number of carbonyl (C=O) groups excluding carboxylic acids is 6. The first-order valence-corrected chi connectivity index (χ1v) is 27.3. The SMILES string of the molecule is C.CC1CN(C(=O)OCc2ccccc2)CC(CN2C(=O)c3ccccc3C2=O)C1=O.CC1CN(C(=O)OCc2ccccc2)CC(CNS(C)(=O)=O)C12OCCO2.CC1CNCC(CNS(C)(=O)=O)C1=O. The number of nitrogens with one attached hydrogen (secondary N) is 3. The predicted octanol–water partition coefficient (Wildman–Crippen LogP) is 3.54. The van der Waals surface area contributed by atoms with Crippen LogP contribution in [0.25, 0.3) is 0 Å². The lowest BCUT2D eigenvalue weighted by molar-refractivity contribution is -0.245. The minimum absolute atomic E-state index is 0. The fourth-order valence-electron chi connectivity index (χ4n) is 9.20. The van der Waals surface area contributed by atoms with Crippen LogP contribution in [0.1, 0.15) is 60.0 Å². The van der Waals surface area contributed by atoms with Gasteiger partial charge in [-0.2, -0.15) is 0 Å². The fraction of sp³-hybridized carbons (Fsp3) is 0.520. The summed E-state index contributed by atoms with van der Waals surface area (Å²) in [6, 6.07) is 25.4. The van der Waals surface area contributed by atoms with Crippen LogP contribution in [0.5, 0.6) is 0 Å². The summed E-state index contributed by atoms with van der Waals surface area (Å²) in [5.74, 6) is -3.34. The molecule has 0 radical (unpaired) electrons. The first-order chi connectivity index (χ1) is 33.7. The van der Waals surface area contributed by atoms with E-state index in [1.54, 1.807) is 36.1 Å². The second-order valence-corrected chi connectivity index (χ2v) is 22.2. The van der Waals surface area contributed by atoms with Crippen molar-refractivity contribution in [2.24, 2.45) is 35.5 Å². The van der Waals surface area contributed by atoms with Gasteiger partial charge >= 0.3 is 12.2 Å². The highest BCUT2D eigenvalue weighted by Gasteiger charge is 2.53. The molecule has 5 aliphatic heterocycles. The van der Waals surface area contributed by atoms with Gasteiger partial charge in [-0.15, -0.1) is 0 Å². The molecule has 20 nitrogen and oxygen atoms in total. The molecule has 3 aromatic carbocycles. The summed E-state index contributed by atoms with van der Waals surface area (Å²) in [7, 11) is -6.56. The number of imide groups is 1. The summed E-state index contributed by atoms with van der Waals surface area (Å²) in [6.45, 7) is 9.40. The van der Waals surface area contributed by atoms with E-state index in [1.165, 1.54) is 4.90 Å². The summed E-state index contributed by atoms with van der Waals surface area (Å²) in [5, 5.41) is 3.10. The summed E-state index contributed by atoms with van der Waals surface area (Å²) >= 11 is 0. The monoisotopic (exact) mass is 1040 g/mol. The first-order valence-electron chi connectivity index (χ1n) is 23.5. The lowest BCUT2D eigenvalue weighted by Gasteiger charge is -2.47. The molecular formula is C50H68N6O14S2. The lowest BCUT2D eigenvalue weighted by Crippen LogP contribution is -2.61. The molecule has 8 rings (SSSR count). The van der Waals surface area contributed by atoms with Crippen LogP contribution in [0.4, 0.5) is 9.59 Å². The molecule has 3 N–H and O–H groups in total. The Balaban J connectivity index is 0.000000212. The molecule has 394 valence electrons. The van der Waals surface area contributed by atoms with Crippen LogP contribution >= 0.6 is 0 Å². The number of hydrogen-bond acceptors (Lipinski definition) is 15. The van der Waals surface area contributed by atoms with Gasteiger partial charge in [0, 0.05) is 88.5 Å². The number of likely N-dealkylation sites (tertiary alicyclic amines) is 2. The molecule has 72 heavy (non-hydrogen) atoms. The molecule has 0 saturated carbocycles. The molecule has 0 bridgehead atoms. The van der Waals surface area contributed by atoms with Crippen molar-refractivity contribution in [3.8, 4) is 0 Å². The van der Waals surface area contributed by atoms with Crippen molar-refractivity contribution in [1.29, 1.82) is 0 Å². The predicted molar refractivity (Wildman–Crippen MR) is 266 cm³/mol. The fourth-order valence-corrected chi connectivity index (χ4v) is 10.2. The number of rotatable bonds is 12. The number of ether oxygens (including phenoxy) is 4. The van der Waals surface area contributed by atoms with Gasteiger partial charge in [0.15, 0.2) is 5.79 Å². The van der Waals surface area contributed by atoms with E-state index in [0.29, 0.717) is 50.5 Å². The Morgan fingerprint density at radius 1 is 0.639 bits per heavy atom. The van der Waals surface area contributed by atoms with Gasteiger partial charge in [0.1, 0.15) is 24.8 Å². The zero-order valence-corrected chi connectivity index (χ0v) is 42.2. The lowest BCUT2D eigenvalue weighted by atomic mass is 9.83. The molecule has 4 fully saturated rings. The highest BCUT2D eigenvalue weighted by atomic mass is 32.2. The largest absolute Gasteiger partial charge is 0.445 e. The molecule has 4 saturated heterocycles. The Kier molecular flexibility index (Phi) is 20.2. The highest BCUT2D eigenvalue weighted by Crippen LogP contribution is 2.40. The molecule has 6 atom stereocenters. The average Bonchev–Trinajstić information content (AvgIpc) is 3.93. The van der Waals surface area contributed by atoms with Crippen molar-refractivity contribution in [3.63, 3.8) is 0 Å².